The molecule has 2 nitrogen and oxygen atoms in total. The summed E-state index contributed by atoms with van der Waals surface area (Å²) >= 11 is 0. The van der Waals surface area contributed by atoms with Crippen molar-refractivity contribution < 1.29 is 4.79 Å². The van der Waals surface area contributed by atoms with E-state index in [0.717, 1.165) is 5.69 Å². The van der Waals surface area contributed by atoms with Crippen LogP contribution in [0.25, 0.3) is 0 Å². The fourth-order valence-electron chi connectivity index (χ4n) is 3.68. The lowest BCUT2D eigenvalue weighted by molar-refractivity contribution is -0.117. The van der Waals surface area contributed by atoms with Gasteiger partial charge >= 0.3 is 0 Å². The monoisotopic (exact) mass is 327 g/mol. The Balaban J connectivity index is 1.59. The first-order valence-corrected chi connectivity index (χ1v) is 8.71. The number of nitrogens with one attached hydrogen (secondary N) is 1. The van der Waals surface area contributed by atoms with Crippen LogP contribution in [0.3, 0.4) is 0 Å². The zero-order valence-corrected chi connectivity index (χ0v) is 14.2. The maximum Gasteiger partial charge on any atom is 0.228 e. The third kappa shape index (κ3) is 3.20. The summed E-state index contributed by atoms with van der Waals surface area (Å²) in [6.07, 6.45) is 0. The Morgan fingerprint density at radius 1 is 0.720 bits per heavy atom. The zero-order chi connectivity index (χ0) is 17.2. The highest BCUT2D eigenvalue weighted by atomic mass is 16.2. The maximum atomic E-state index is 12.9. The van der Waals surface area contributed by atoms with Crippen molar-refractivity contribution in [1.29, 1.82) is 0 Å². The van der Waals surface area contributed by atoms with Crippen molar-refractivity contribution in [2.24, 2.45) is 5.92 Å². The molecule has 1 unspecified atom stereocenters. The third-order valence-corrected chi connectivity index (χ3v) is 5.01. The van der Waals surface area contributed by atoms with E-state index < -0.39 is 0 Å². The molecule has 3 atom stereocenters. The highest BCUT2D eigenvalue weighted by Crippen LogP contribution is 2.60. The lowest BCUT2D eigenvalue weighted by Crippen LogP contribution is -2.15. The number of carbonyl (C=O) groups excluding carboxylic acids is 1. The van der Waals surface area contributed by atoms with Gasteiger partial charge in [0.1, 0.15) is 0 Å². The van der Waals surface area contributed by atoms with Crippen molar-refractivity contribution in [2.75, 3.05) is 5.32 Å². The first kappa shape index (κ1) is 15.6. The van der Waals surface area contributed by atoms with Crippen molar-refractivity contribution in [3.05, 3.63) is 102 Å². The lowest BCUT2D eigenvalue weighted by Gasteiger charge is -2.05. The van der Waals surface area contributed by atoms with Gasteiger partial charge in [-0.3, -0.25) is 4.79 Å². The highest BCUT2D eigenvalue weighted by Gasteiger charge is 2.55. The van der Waals surface area contributed by atoms with Crippen molar-refractivity contribution in [1.82, 2.24) is 0 Å². The predicted octanol–water partition coefficient (Wildman–Crippen LogP) is 5.13. The Hall–Kier alpha value is -2.87. The van der Waals surface area contributed by atoms with Crippen LogP contribution in [0.5, 0.6) is 0 Å². The van der Waals surface area contributed by atoms with Gasteiger partial charge in [0.05, 0.1) is 5.92 Å². The summed E-state index contributed by atoms with van der Waals surface area (Å²) in [7, 11) is 0. The summed E-state index contributed by atoms with van der Waals surface area (Å²) in [5.74, 6) is 0.570. The number of hydrogen-bond donors (Lipinski definition) is 1. The van der Waals surface area contributed by atoms with Crippen LogP contribution >= 0.6 is 0 Å². The quantitative estimate of drug-likeness (QED) is 0.707. The van der Waals surface area contributed by atoms with Crippen molar-refractivity contribution in [2.45, 2.75) is 18.8 Å². The van der Waals surface area contributed by atoms with Crippen molar-refractivity contribution in [3.63, 3.8) is 0 Å². The molecule has 3 aromatic carbocycles. The molecule has 0 bridgehead atoms. The smallest absolute Gasteiger partial charge is 0.228 e. The van der Waals surface area contributed by atoms with Gasteiger partial charge in [0, 0.05) is 17.5 Å². The van der Waals surface area contributed by atoms with E-state index in [-0.39, 0.29) is 23.7 Å². The molecule has 2 heteroatoms. The number of carbonyl (C=O) groups is 1. The van der Waals surface area contributed by atoms with Gasteiger partial charge in [0.15, 0.2) is 0 Å². The zero-order valence-electron chi connectivity index (χ0n) is 14.2. The average molecular weight is 327 g/mol. The molecule has 0 spiro atoms. The molecule has 1 aliphatic rings. The molecule has 1 saturated carbocycles. The van der Waals surface area contributed by atoms with Gasteiger partial charge in [-0.25, -0.2) is 0 Å². The highest BCUT2D eigenvalue weighted by molar-refractivity contribution is 5.96. The SMILES string of the molecule is Cc1ccc(NC(=O)C2[C@@H](c3ccccc3)[C@H]2c2ccccc2)cc1. The number of hydrogen-bond acceptors (Lipinski definition) is 1. The topological polar surface area (TPSA) is 29.1 Å². The van der Waals surface area contributed by atoms with Crippen LogP contribution in [0.4, 0.5) is 5.69 Å². The van der Waals surface area contributed by atoms with Crippen molar-refractivity contribution >= 4 is 11.6 Å². The molecule has 1 amide bonds. The van der Waals surface area contributed by atoms with Gasteiger partial charge in [0.25, 0.3) is 0 Å². The fourth-order valence-corrected chi connectivity index (χ4v) is 3.68. The summed E-state index contributed by atoms with van der Waals surface area (Å²) in [6, 6.07) is 28.7. The molecular weight excluding hydrogens is 306 g/mol. The first-order chi connectivity index (χ1) is 12.2. The van der Waals surface area contributed by atoms with Gasteiger partial charge in [-0.15, -0.1) is 0 Å². The Kier molecular flexibility index (Phi) is 4.10. The number of amides is 1. The van der Waals surface area contributed by atoms with E-state index in [0.29, 0.717) is 0 Å². The second kappa shape index (κ2) is 6.56. The molecule has 3 aromatic rings. The van der Waals surface area contributed by atoms with E-state index in [2.05, 4.69) is 29.6 Å². The normalized spacial score (nSPS) is 21.6. The molecule has 0 aromatic heterocycles. The Morgan fingerprint density at radius 2 is 1.20 bits per heavy atom. The van der Waals surface area contributed by atoms with Gasteiger partial charge in [-0.1, -0.05) is 78.4 Å². The molecule has 0 heterocycles. The van der Waals surface area contributed by atoms with E-state index >= 15 is 0 Å². The van der Waals surface area contributed by atoms with Gasteiger partial charge in [-0.2, -0.15) is 0 Å². The van der Waals surface area contributed by atoms with E-state index in [1.54, 1.807) is 0 Å². The second-order valence-electron chi connectivity index (χ2n) is 6.75. The minimum atomic E-state index is -0.0221. The molecule has 0 saturated heterocycles. The van der Waals surface area contributed by atoms with E-state index in [1.807, 2.05) is 67.6 Å². The number of anilines is 1. The summed E-state index contributed by atoms with van der Waals surface area (Å²) < 4.78 is 0. The largest absolute Gasteiger partial charge is 0.326 e. The van der Waals surface area contributed by atoms with Crippen LogP contribution < -0.4 is 5.32 Å². The van der Waals surface area contributed by atoms with E-state index in [9.17, 15) is 4.79 Å². The summed E-state index contributed by atoms with van der Waals surface area (Å²) in [5, 5.41) is 3.09. The number of rotatable bonds is 4. The fraction of sp³-hybridized carbons (Fsp3) is 0.174. The Morgan fingerprint density at radius 3 is 1.68 bits per heavy atom. The van der Waals surface area contributed by atoms with Gasteiger partial charge < -0.3 is 5.32 Å². The van der Waals surface area contributed by atoms with E-state index in [4.69, 9.17) is 0 Å². The van der Waals surface area contributed by atoms with Crippen LogP contribution in [-0.4, -0.2) is 5.91 Å². The summed E-state index contributed by atoms with van der Waals surface area (Å²) in [4.78, 5) is 12.9. The molecule has 1 N–H and O–H groups in total. The van der Waals surface area contributed by atoms with Gasteiger partial charge in [0.2, 0.25) is 5.91 Å². The van der Waals surface area contributed by atoms with Crippen LogP contribution in [0, 0.1) is 12.8 Å². The minimum Gasteiger partial charge on any atom is -0.326 e. The molecule has 0 radical (unpaired) electrons. The summed E-state index contributed by atoms with van der Waals surface area (Å²) in [5.41, 5.74) is 4.52. The molecular formula is C23H21NO. The molecule has 124 valence electrons. The Labute approximate surface area is 148 Å². The van der Waals surface area contributed by atoms with E-state index in [1.165, 1.54) is 16.7 Å². The van der Waals surface area contributed by atoms with Crippen LogP contribution in [0.1, 0.15) is 28.5 Å². The molecule has 25 heavy (non-hydrogen) atoms. The number of aryl methyl sites for hydroxylation is 1. The van der Waals surface area contributed by atoms with Crippen LogP contribution in [0.2, 0.25) is 0 Å². The predicted molar refractivity (Wildman–Crippen MR) is 102 cm³/mol. The Bertz CT molecular complexity index is 810. The molecule has 1 aliphatic carbocycles. The van der Waals surface area contributed by atoms with Crippen LogP contribution in [0.15, 0.2) is 84.9 Å². The third-order valence-electron chi connectivity index (χ3n) is 5.01. The summed E-state index contributed by atoms with van der Waals surface area (Å²) in [6.45, 7) is 2.04. The molecule has 0 aliphatic heterocycles. The van der Waals surface area contributed by atoms with Gasteiger partial charge in [-0.05, 0) is 30.2 Å². The minimum absolute atomic E-state index is 0.0221. The molecule has 4 rings (SSSR count). The lowest BCUT2D eigenvalue weighted by atomic mass is 10.0. The van der Waals surface area contributed by atoms with Crippen molar-refractivity contribution in [3.8, 4) is 0 Å². The maximum absolute atomic E-state index is 12.9. The second-order valence-corrected chi connectivity index (χ2v) is 6.75. The average Bonchev–Trinajstić information content (AvgIpc) is 3.41. The standard InChI is InChI=1S/C23H21NO/c1-16-12-14-19(15-13-16)24-23(25)22-20(17-8-4-2-5-9-17)21(22)18-10-6-3-7-11-18/h2-15,20-22H,1H3,(H,24,25)/t20-,21+,22?. The van der Waals surface area contributed by atoms with Crippen LogP contribution in [-0.2, 0) is 4.79 Å². The first-order valence-electron chi connectivity index (χ1n) is 8.71. The molecule has 1 fully saturated rings. The number of benzene rings is 3.